The molecule has 0 saturated carbocycles. The molecule has 1 heterocycles. The van der Waals surface area contributed by atoms with Crippen LogP contribution in [0.3, 0.4) is 0 Å². The van der Waals surface area contributed by atoms with Crippen LogP contribution in [0.4, 0.5) is 0 Å². The Bertz CT molecular complexity index is 269. The summed E-state index contributed by atoms with van der Waals surface area (Å²) < 4.78 is 5.49. The van der Waals surface area contributed by atoms with Gasteiger partial charge in [0.15, 0.2) is 0 Å². The van der Waals surface area contributed by atoms with Gasteiger partial charge in [0, 0.05) is 26.2 Å². The standard InChI is InChI=1S/C16H32N2O2.ClH/c1-13(2)12-20-9-5-8-18-16(19)10-14(3)15-6-4-7-17-11-15;/h13-15,17H,4-12H2,1-3H3,(H,18,19);1H. The fourth-order valence-electron chi connectivity index (χ4n) is 2.62. The molecule has 1 aliphatic heterocycles. The topological polar surface area (TPSA) is 50.4 Å². The summed E-state index contributed by atoms with van der Waals surface area (Å²) in [4.78, 5) is 11.9. The minimum absolute atomic E-state index is 0. The molecule has 0 bridgehead atoms. The van der Waals surface area contributed by atoms with Crippen molar-refractivity contribution in [2.24, 2.45) is 17.8 Å². The molecule has 1 fully saturated rings. The highest BCUT2D eigenvalue weighted by Crippen LogP contribution is 2.22. The summed E-state index contributed by atoms with van der Waals surface area (Å²) in [6, 6.07) is 0. The maximum absolute atomic E-state index is 11.9. The predicted molar refractivity (Wildman–Crippen MR) is 89.9 cm³/mol. The number of carbonyl (C=O) groups is 1. The maximum Gasteiger partial charge on any atom is 0.220 e. The van der Waals surface area contributed by atoms with Crippen LogP contribution in [0.25, 0.3) is 0 Å². The van der Waals surface area contributed by atoms with E-state index in [2.05, 4.69) is 31.4 Å². The van der Waals surface area contributed by atoms with E-state index in [1.165, 1.54) is 12.8 Å². The molecule has 4 nitrogen and oxygen atoms in total. The second-order valence-corrected chi connectivity index (χ2v) is 6.46. The van der Waals surface area contributed by atoms with Gasteiger partial charge in [-0.15, -0.1) is 12.4 Å². The lowest BCUT2D eigenvalue weighted by atomic mass is 9.85. The molecule has 1 amide bonds. The normalized spacial score (nSPS) is 19.9. The maximum atomic E-state index is 11.9. The summed E-state index contributed by atoms with van der Waals surface area (Å²) in [6.07, 6.45) is 4.05. The van der Waals surface area contributed by atoms with E-state index in [-0.39, 0.29) is 18.3 Å². The number of ether oxygens (including phenoxy) is 1. The second kappa shape index (κ2) is 12.2. The van der Waals surface area contributed by atoms with Crippen LogP contribution in [0.15, 0.2) is 0 Å². The summed E-state index contributed by atoms with van der Waals surface area (Å²) in [5, 5.41) is 6.42. The Labute approximate surface area is 136 Å². The number of amides is 1. The molecule has 5 heteroatoms. The molecule has 0 spiro atoms. The number of rotatable bonds is 9. The molecule has 2 N–H and O–H groups in total. The third-order valence-electron chi connectivity index (χ3n) is 3.89. The van der Waals surface area contributed by atoms with Gasteiger partial charge < -0.3 is 15.4 Å². The first-order valence-electron chi connectivity index (χ1n) is 8.14. The van der Waals surface area contributed by atoms with E-state index in [1.54, 1.807) is 0 Å². The fourth-order valence-corrected chi connectivity index (χ4v) is 2.62. The quantitative estimate of drug-likeness (QED) is 0.642. The Kier molecular flexibility index (Phi) is 12.1. The zero-order valence-corrected chi connectivity index (χ0v) is 14.6. The third-order valence-corrected chi connectivity index (χ3v) is 3.89. The van der Waals surface area contributed by atoms with Crippen molar-refractivity contribution in [3.63, 3.8) is 0 Å². The first-order valence-corrected chi connectivity index (χ1v) is 8.14. The number of halogens is 1. The van der Waals surface area contributed by atoms with Gasteiger partial charge in [-0.25, -0.2) is 0 Å². The predicted octanol–water partition coefficient (Wildman–Crippen LogP) is 2.61. The average Bonchev–Trinajstić information content (AvgIpc) is 2.43. The molecule has 0 aromatic rings. The molecule has 21 heavy (non-hydrogen) atoms. The lowest BCUT2D eigenvalue weighted by molar-refractivity contribution is -0.122. The Balaban J connectivity index is 0.00000400. The summed E-state index contributed by atoms with van der Waals surface area (Å²) >= 11 is 0. The van der Waals surface area contributed by atoms with E-state index in [9.17, 15) is 4.79 Å². The van der Waals surface area contributed by atoms with E-state index in [0.29, 0.717) is 24.2 Å². The summed E-state index contributed by atoms with van der Waals surface area (Å²) in [5.74, 6) is 1.89. The molecule has 126 valence electrons. The lowest BCUT2D eigenvalue weighted by Gasteiger charge is -2.28. The fraction of sp³-hybridized carbons (Fsp3) is 0.938. The van der Waals surface area contributed by atoms with Gasteiger partial charge in [-0.2, -0.15) is 0 Å². The van der Waals surface area contributed by atoms with Crippen LogP contribution < -0.4 is 10.6 Å². The van der Waals surface area contributed by atoms with Gasteiger partial charge in [0.2, 0.25) is 5.91 Å². The Morgan fingerprint density at radius 3 is 2.76 bits per heavy atom. The van der Waals surface area contributed by atoms with Gasteiger partial charge in [0.1, 0.15) is 0 Å². The van der Waals surface area contributed by atoms with Crippen molar-refractivity contribution in [1.29, 1.82) is 0 Å². The molecule has 0 radical (unpaired) electrons. The highest BCUT2D eigenvalue weighted by Gasteiger charge is 2.21. The summed E-state index contributed by atoms with van der Waals surface area (Å²) in [5.41, 5.74) is 0. The molecule has 2 atom stereocenters. The Morgan fingerprint density at radius 1 is 1.38 bits per heavy atom. The van der Waals surface area contributed by atoms with E-state index in [4.69, 9.17) is 4.74 Å². The van der Waals surface area contributed by atoms with E-state index < -0.39 is 0 Å². The number of hydrogen-bond donors (Lipinski definition) is 2. The smallest absolute Gasteiger partial charge is 0.220 e. The van der Waals surface area contributed by atoms with Crippen LogP contribution in [-0.4, -0.2) is 38.8 Å². The van der Waals surface area contributed by atoms with Gasteiger partial charge in [-0.05, 0) is 50.1 Å². The molecular formula is C16H33ClN2O2. The molecule has 0 aromatic carbocycles. The summed E-state index contributed by atoms with van der Waals surface area (Å²) in [6.45, 7) is 11.0. The Hall–Kier alpha value is -0.320. The van der Waals surface area contributed by atoms with Crippen molar-refractivity contribution in [3.8, 4) is 0 Å². The zero-order valence-electron chi connectivity index (χ0n) is 13.8. The van der Waals surface area contributed by atoms with Crippen LogP contribution in [0, 0.1) is 17.8 Å². The van der Waals surface area contributed by atoms with Crippen LogP contribution in [-0.2, 0) is 9.53 Å². The minimum atomic E-state index is 0. The molecule has 1 saturated heterocycles. The van der Waals surface area contributed by atoms with Crippen molar-refractivity contribution in [2.75, 3.05) is 32.8 Å². The number of piperidine rings is 1. The van der Waals surface area contributed by atoms with Crippen molar-refractivity contribution < 1.29 is 9.53 Å². The van der Waals surface area contributed by atoms with Crippen molar-refractivity contribution in [3.05, 3.63) is 0 Å². The van der Waals surface area contributed by atoms with Gasteiger partial charge in [-0.3, -0.25) is 4.79 Å². The van der Waals surface area contributed by atoms with Crippen molar-refractivity contribution >= 4 is 18.3 Å². The van der Waals surface area contributed by atoms with Crippen LogP contribution in [0.1, 0.15) is 46.5 Å². The number of carbonyl (C=O) groups excluding carboxylic acids is 1. The highest BCUT2D eigenvalue weighted by molar-refractivity contribution is 5.85. The molecule has 1 rings (SSSR count). The monoisotopic (exact) mass is 320 g/mol. The van der Waals surface area contributed by atoms with E-state index in [1.807, 2.05) is 0 Å². The zero-order chi connectivity index (χ0) is 14.8. The largest absolute Gasteiger partial charge is 0.381 e. The number of hydrogen-bond acceptors (Lipinski definition) is 3. The number of nitrogens with one attached hydrogen (secondary N) is 2. The van der Waals surface area contributed by atoms with E-state index in [0.717, 1.165) is 39.3 Å². The summed E-state index contributed by atoms with van der Waals surface area (Å²) in [7, 11) is 0. The van der Waals surface area contributed by atoms with Crippen molar-refractivity contribution in [2.45, 2.75) is 46.5 Å². The lowest BCUT2D eigenvalue weighted by Crippen LogP contribution is -2.35. The van der Waals surface area contributed by atoms with Crippen molar-refractivity contribution in [1.82, 2.24) is 10.6 Å². The molecular weight excluding hydrogens is 288 g/mol. The first-order chi connectivity index (χ1) is 9.59. The third kappa shape index (κ3) is 10.1. The average molecular weight is 321 g/mol. The van der Waals surface area contributed by atoms with E-state index >= 15 is 0 Å². The SMILES string of the molecule is CC(C)COCCCNC(=O)CC(C)C1CCCNC1.Cl. The second-order valence-electron chi connectivity index (χ2n) is 6.46. The van der Waals surface area contributed by atoms with Crippen LogP contribution in [0.5, 0.6) is 0 Å². The van der Waals surface area contributed by atoms with Crippen LogP contribution in [0.2, 0.25) is 0 Å². The molecule has 0 aliphatic carbocycles. The molecule has 2 unspecified atom stereocenters. The molecule has 1 aliphatic rings. The Morgan fingerprint density at radius 2 is 2.14 bits per heavy atom. The first kappa shape index (κ1) is 20.7. The van der Waals surface area contributed by atoms with Crippen LogP contribution >= 0.6 is 12.4 Å². The van der Waals surface area contributed by atoms with Gasteiger partial charge in [0.25, 0.3) is 0 Å². The minimum Gasteiger partial charge on any atom is -0.381 e. The highest BCUT2D eigenvalue weighted by atomic mass is 35.5. The van der Waals surface area contributed by atoms with Gasteiger partial charge in [-0.1, -0.05) is 20.8 Å². The van der Waals surface area contributed by atoms with Gasteiger partial charge in [0.05, 0.1) is 0 Å². The molecule has 0 aromatic heterocycles. The van der Waals surface area contributed by atoms with Gasteiger partial charge >= 0.3 is 0 Å².